The van der Waals surface area contributed by atoms with Crippen molar-refractivity contribution in [3.8, 4) is 0 Å². The SMILES string of the molecule is Cc1nn(C)c(Sc2ccccc2C(=O)[O-])c1[N+](=O)[O-]. The maximum absolute atomic E-state index is 11.1. The molecule has 0 bridgehead atoms. The van der Waals surface area contributed by atoms with Crippen LogP contribution in [-0.2, 0) is 7.05 Å². The van der Waals surface area contributed by atoms with Crippen molar-refractivity contribution in [1.82, 2.24) is 9.78 Å². The number of carbonyl (C=O) groups excluding carboxylic acids is 1. The molecule has 2 rings (SSSR count). The fourth-order valence-corrected chi connectivity index (χ4v) is 2.89. The average molecular weight is 292 g/mol. The zero-order chi connectivity index (χ0) is 14.9. The Morgan fingerprint density at radius 2 is 2.05 bits per heavy atom. The molecule has 0 saturated heterocycles. The molecule has 0 radical (unpaired) electrons. The number of aryl methyl sites for hydroxylation is 2. The van der Waals surface area contributed by atoms with E-state index in [0.717, 1.165) is 11.8 Å². The van der Waals surface area contributed by atoms with Crippen LogP contribution in [0.1, 0.15) is 16.1 Å². The second-order valence-electron chi connectivity index (χ2n) is 4.01. The molecule has 0 aliphatic heterocycles. The Morgan fingerprint density at radius 3 is 2.65 bits per heavy atom. The van der Waals surface area contributed by atoms with Crippen molar-refractivity contribution in [1.29, 1.82) is 0 Å². The number of aromatic nitrogens is 2. The third-order valence-electron chi connectivity index (χ3n) is 2.64. The number of hydrogen-bond acceptors (Lipinski definition) is 6. The van der Waals surface area contributed by atoms with Gasteiger partial charge < -0.3 is 9.90 Å². The van der Waals surface area contributed by atoms with Crippen molar-refractivity contribution in [3.05, 3.63) is 45.6 Å². The van der Waals surface area contributed by atoms with E-state index in [1.807, 2.05) is 0 Å². The third-order valence-corrected chi connectivity index (χ3v) is 3.86. The normalized spacial score (nSPS) is 10.5. The van der Waals surface area contributed by atoms with E-state index in [1.54, 1.807) is 25.2 Å². The van der Waals surface area contributed by atoms with Crippen LogP contribution in [0.2, 0.25) is 0 Å². The minimum Gasteiger partial charge on any atom is -0.545 e. The molecule has 104 valence electrons. The summed E-state index contributed by atoms with van der Waals surface area (Å²) in [6.07, 6.45) is 0. The fourth-order valence-electron chi connectivity index (χ4n) is 1.78. The van der Waals surface area contributed by atoms with Crippen LogP contribution in [0.3, 0.4) is 0 Å². The molecule has 20 heavy (non-hydrogen) atoms. The van der Waals surface area contributed by atoms with Crippen LogP contribution in [0, 0.1) is 17.0 Å². The molecule has 0 unspecified atom stereocenters. The van der Waals surface area contributed by atoms with E-state index in [-0.39, 0.29) is 22.0 Å². The molecule has 0 N–H and O–H groups in total. The zero-order valence-electron chi connectivity index (χ0n) is 10.7. The van der Waals surface area contributed by atoms with Crippen LogP contribution in [-0.4, -0.2) is 20.7 Å². The molecule has 7 nitrogen and oxygen atoms in total. The number of nitro groups is 1. The van der Waals surface area contributed by atoms with Crippen molar-refractivity contribution in [2.24, 2.45) is 7.05 Å². The van der Waals surface area contributed by atoms with E-state index < -0.39 is 10.9 Å². The van der Waals surface area contributed by atoms with Gasteiger partial charge in [-0.05, 0) is 13.0 Å². The van der Waals surface area contributed by atoms with Gasteiger partial charge in [0.1, 0.15) is 5.69 Å². The van der Waals surface area contributed by atoms with Crippen molar-refractivity contribution in [3.63, 3.8) is 0 Å². The minimum absolute atomic E-state index is 0.00866. The highest BCUT2D eigenvalue weighted by Crippen LogP contribution is 2.37. The number of rotatable bonds is 4. The van der Waals surface area contributed by atoms with Crippen LogP contribution in [0.4, 0.5) is 5.69 Å². The highest BCUT2D eigenvalue weighted by Gasteiger charge is 2.25. The van der Waals surface area contributed by atoms with Gasteiger partial charge in [0.2, 0.25) is 0 Å². The first kappa shape index (κ1) is 14.1. The molecule has 1 aromatic heterocycles. The summed E-state index contributed by atoms with van der Waals surface area (Å²) in [7, 11) is 1.57. The summed E-state index contributed by atoms with van der Waals surface area (Å²) in [4.78, 5) is 22.0. The summed E-state index contributed by atoms with van der Waals surface area (Å²) in [5.74, 6) is -1.32. The Hall–Kier alpha value is -2.35. The Balaban J connectivity index is 2.51. The Kier molecular flexibility index (Phi) is 3.75. The summed E-state index contributed by atoms with van der Waals surface area (Å²) >= 11 is 0.983. The first-order valence-corrected chi connectivity index (χ1v) is 6.39. The van der Waals surface area contributed by atoms with Crippen LogP contribution in [0.5, 0.6) is 0 Å². The lowest BCUT2D eigenvalue weighted by molar-refractivity contribution is -0.388. The number of nitrogens with zero attached hydrogens (tertiary/aromatic N) is 3. The second-order valence-corrected chi connectivity index (χ2v) is 5.04. The molecule has 0 spiro atoms. The zero-order valence-corrected chi connectivity index (χ0v) is 11.5. The van der Waals surface area contributed by atoms with Gasteiger partial charge in [-0.25, -0.2) is 0 Å². The van der Waals surface area contributed by atoms with E-state index in [2.05, 4.69) is 5.10 Å². The number of aromatic carboxylic acids is 1. The molecule has 2 aromatic rings. The van der Waals surface area contributed by atoms with Crippen LogP contribution in [0.25, 0.3) is 0 Å². The van der Waals surface area contributed by atoms with E-state index in [0.29, 0.717) is 4.90 Å². The van der Waals surface area contributed by atoms with Gasteiger partial charge in [0.25, 0.3) is 0 Å². The van der Waals surface area contributed by atoms with Crippen LogP contribution >= 0.6 is 11.8 Å². The van der Waals surface area contributed by atoms with E-state index in [9.17, 15) is 20.0 Å². The van der Waals surface area contributed by atoms with Gasteiger partial charge in [0.15, 0.2) is 5.03 Å². The first-order chi connectivity index (χ1) is 9.41. The smallest absolute Gasteiger partial charge is 0.324 e. The summed E-state index contributed by atoms with van der Waals surface area (Å²) < 4.78 is 1.37. The minimum atomic E-state index is -1.32. The van der Waals surface area contributed by atoms with Gasteiger partial charge in [-0.1, -0.05) is 30.0 Å². The Bertz CT molecular complexity index is 696. The Labute approximate surface area is 118 Å². The number of benzene rings is 1. The lowest BCUT2D eigenvalue weighted by atomic mass is 10.2. The lowest BCUT2D eigenvalue weighted by Crippen LogP contribution is -2.22. The van der Waals surface area contributed by atoms with Gasteiger partial charge in [0.05, 0.1) is 10.9 Å². The summed E-state index contributed by atoms with van der Waals surface area (Å²) in [5, 5.41) is 26.4. The number of carboxylic acid groups (broad SMARTS) is 1. The largest absolute Gasteiger partial charge is 0.545 e. The first-order valence-electron chi connectivity index (χ1n) is 5.58. The maximum atomic E-state index is 11.1. The van der Waals surface area contributed by atoms with Gasteiger partial charge >= 0.3 is 5.69 Å². The summed E-state index contributed by atoms with van der Waals surface area (Å²) in [6, 6.07) is 6.19. The van der Waals surface area contributed by atoms with Crippen LogP contribution in [0.15, 0.2) is 34.2 Å². The number of hydrogen-bond donors (Lipinski definition) is 0. The molecule has 0 aliphatic rings. The summed E-state index contributed by atoms with van der Waals surface area (Å²) in [6.45, 7) is 1.53. The molecule has 8 heteroatoms. The molecular weight excluding hydrogens is 282 g/mol. The molecule has 1 heterocycles. The number of carbonyl (C=O) groups is 1. The van der Waals surface area contributed by atoms with Gasteiger partial charge in [-0.3, -0.25) is 14.8 Å². The predicted octanol–water partition coefficient (Wildman–Crippen LogP) is 1.15. The topological polar surface area (TPSA) is 101 Å². The molecule has 0 saturated carbocycles. The van der Waals surface area contributed by atoms with Crippen molar-refractivity contribution >= 4 is 23.4 Å². The molecule has 0 fully saturated rings. The third kappa shape index (κ3) is 2.50. The fraction of sp³-hybridized carbons (Fsp3) is 0.167. The van der Waals surface area contributed by atoms with Gasteiger partial charge in [-0.15, -0.1) is 0 Å². The quantitative estimate of drug-likeness (QED) is 0.619. The maximum Gasteiger partial charge on any atom is 0.324 e. The van der Waals surface area contributed by atoms with E-state index in [4.69, 9.17) is 0 Å². The number of carboxylic acids is 1. The lowest BCUT2D eigenvalue weighted by Gasteiger charge is -2.09. The van der Waals surface area contributed by atoms with Crippen LogP contribution < -0.4 is 5.11 Å². The Morgan fingerprint density at radius 1 is 1.40 bits per heavy atom. The van der Waals surface area contributed by atoms with Gasteiger partial charge in [0, 0.05) is 17.5 Å². The second kappa shape index (κ2) is 5.33. The molecular formula is C12H10N3O4S-. The monoisotopic (exact) mass is 292 g/mol. The highest BCUT2D eigenvalue weighted by molar-refractivity contribution is 7.99. The van der Waals surface area contributed by atoms with Crippen molar-refractivity contribution < 1.29 is 14.8 Å². The summed E-state index contributed by atoms with van der Waals surface area (Å²) in [5.41, 5.74) is 0.155. The van der Waals surface area contributed by atoms with Gasteiger partial charge in [-0.2, -0.15) is 5.10 Å². The molecule has 1 aromatic carbocycles. The molecule has 0 aliphatic carbocycles. The predicted molar refractivity (Wildman–Crippen MR) is 69.5 cm³/mol. The standard InChI is InChI=1S/C12H11N3O4S/c1-7-10(15(18)19)11(14(2)13-7)20-9-6-4-3-5-8(9)12(16)17/h3-6H,1-2H3,(H,16,17)/p-1. The van der Waals surface area contributed by atoms with E-state index >= 15 is 0 Å². The van der Waals surface area contributed by atoms with E-state index in [1.165, 1.54) is 17.7 Å². The van der Waals surface area contributed by atoms with Crippen molar-refractivity contribution in [2.75, 3.05) is 0 Å². The van der Waals surface area contributed by atoms with Crippen molar-refractivity contribution in [2.45, 2.75) is 16.8 Å². The average Bonchev–Trinajstić information content (AvgIpc) is 2.64. The molecule has 0 amide bonds. The highest BCUT2D eigenvalue weighted by atomic mass is 32.2. The molecule has 0 atom stereocenters.